The van der Waals surface area contributed by atoms with Crippen LogP contribution in [0.15, 0.2) is 76.4 Å². The molecule has 4 aromatic rings. The molecule has 1 amide bonds. The van der Waals surface area contributed by atoms with Crippen LogP contribution in [0.4, 0.5) is 0 Å². The molecule has 1 aromatic heterocycles. The van der Waals surface area contributed by atoms with Gasteiger partial charge in [0.15, 0.2) is 0 Å². The molecule has 2 fully saturated rings. The Morgan fingerprint density at radius 2 is 1.63 bits per heavy atom. The first-order valence-corrected chi connectivity index (χ1v) is 17.0. The molecule has 0 aliphatic carbocycles. The van der Waals surface area contributed by atoms with Crippen LogP contribution in [-0.4, -0.2) is 97.0 Å². The van der Waals surface area contributed by atoms with E-state index in [2.05, 4.69) is 16.8 Å². The van der Waals surface area contributed by atoms with Crippen LogP contribution in [-0.2, 0) is 14.8 Å². The van der Waals surface area contributed by atoms with Gasteiger partial charge < -0.3 is 14.5 Å². The van der Waals surface area contributed by atoms with Gasteiger partial charge in [-0.05, 0) is 81.5 Å². The normalized spacial score (nSPS) is 17.6. The molecule has 0 bridgehead atoms. The van der Waals surface area contributed by atoms with Crippen molar-refractivity contribution in [2.24, 2.45) is 0 Å². The number of likely N-dealkylation sites (tertiary alicyclic amines) is 1. The SMILES string of the molecule is COc1ccccc1C(C(=O)N1CCN(C2CCN(C)CC2)CC1)n1c(=O)n(S(=O)(=O)c2ccc(C#N)cc2)c2ccc(Cl)cc21. The minimum atomic E-state index is -4.45. The maximum atomic E-state index is 14.6. The lowest BCUT2D eigenvalue weighted by Crippen LogP contribution is -2.55. The third-order valence-corrected chi connectivity index (χ3v) is 11.0. The lowest BCUT2D eigenvalue weighted by atomic mass is 10.0. The van der Waals surface area contributed by atoms with Gasteiger partial charge in [-0.25, -0.2) is 13.2 Å². The van der Waals surface area contributed by atoms with E-state index in [1.165, 1.54) is 54.1 Å². The molecule has 0 spiro atoms. The fourth-order valence-corrected chi connectivity index (χ4v) is 8.13. The van der Waals surface area contributed by atoms with Crippen molar-refractivity contribution in [1.29, 1.82) is 5.26 Å². The molecule has 2 aliphatic rings. The van der Waals surface area contributed by atoms with E-state index >= 15 is 0 Å². The lowest BCUT2D eigenvalue weighted by Gasteiger charge is -2.42. The second-order valence-electron chi connectivity index (χ2n) is 11.7. The highest BCUT2D eigenvalue weighted by atomic mass is 35.5. The highest BCUT2D eigenvalue weighted by Crippen LogP contribution is 2.33. The zero-order valence-corrected chi connectivity index (χ0v) is 27.2. The van der Waals surface area contributed by atoms with E-state index in [0.717, 1.165) is 25.9 Å². The molecule has 6 rings (SSSR count). The molecule has 0 saturated carbocycles. The topological polar surface area (TPSA) is 121 Å². The number of aromatic nitrogens is 2. The van der Waals surface area contributed by atoms with E-state index in [1.807, 2.05) is 6.07 Å². The van der Waals surface area contributed by atoms with Gasteiger partial charge in [0.05, 0.1) is 34.7 Å². The number of piperidine rings is 1. The average molecular weight is 663 g/mol. The number of amides is 1. The molecule has 3 aromatic carbocycles. The second-order valence-corrected chi connectivity index (χ2v) is 14.0. The Bertz CT molecular complexity index is 1970. The highest BCUT2D eigenvalue weighted by molar-refractivity contribution is 7.90. The van der Waals surface area contributed by atoms with Crippen LogP contribution in [0.25, 0.3) is 11.0 Å². The van der Waals surface area contributed by atoms with Gasteiger partial charge in [-0.2, -0.15) is 9.23 Å². The zero-order valence-electron chi connectivity index (χ0n) is 25.7. The standard InChI is InChI=1S/C33H35ClN6O5S/c1-36-15-13-25(14-16-36)37-17-19-38(20-18-37)32(41)31(27-5-3-4-6-30(27)45-2)39-29-21-24(34)9-12-28(29)40(33(39)42)46(43,44)26-10-7-23(22-35)8-11-26/h3-12,21,25,31H,13-20H2,1-2H3. The van der Waals surface area contributed by atoms with Crippen molar-refractivity contribution >= 4 is 38.6 Å². The van der Waals surface area contributed by atoms with Crippen molar-refractivity contribution in [3.63, 3.8) is 0 Å². The minimum Gasteiger partial charge on any atom is -0.496 e. The van der Waals surface area contributed by atoms with E-state index in [4.69, 9.17) is 16.3 Å². The summed E-state index contributed by atoms with van der Waals surface area (Å²) in [6.45, 7) is 4.42. The first kappa shape index (κ1) is 31.8. The molecule has 2 aliphatic heterocycles. The molecule has 1 atom stereocenters. The van der Waals surface area contributed by atoms with Gasteiger partial charge in [0.1, 0.15) is 11.8 Å². The lowest BCUT2D eigenvalue weighted by molar-refractivity contribution is -0.135. The van der Waals surface area contributed by atoms with Crippen molar-refractivity contribution in [3.05, 3.63) is 93.4 Å². The van der Waals surface area contributed by atoms with Crippen molar-refractivity contribution < 1.29 is 17.9 Å². The number of fused-ring (bicyclic) bond motifs is 1. The quantitative estimate of drug-likeness (QED) is 0.295. The van der Waals surface area contributed by atoms with Crippen LogP contribution in [0, 0.1) is 11.3 Å². The maximum Gasteiger partial charge on any atom is 0.344 e. The molecule has 0 radical (unpaired) electrons. The number of hydrogen-bond donors (Lipinski definition) is 0. The van der Waals surface area contributed by atoms with Gasteiger partial charge in [0.25, 0.3) is 15.9 Å². The van der Waals surface area contributed by atoms with Crippen LogP contribution in [0.2, 0.25) is 5.02 Å². The van der Waals surface area contributed by atoms with Crippen LogP contribution < -0.4 is 10.4 Å². The molecule has 3 heterocycles. The number of imidazole rings is 1. The monoisotopic (exact) mass is 662 g/mol. The van der Waals surface area contributed by atoms with Crippen LogP contribution >= 0.6 is 11.6 Å². The van der Waals surface area contributed by atoms with E-state index < -0.39 is 21.8 Å². The summed E-state index contributed by atoms with van der Waals surface area (Å²) in [6, 6.07) is 17.9. The number of ether oxygens (including phenoxy) is 1. The molecule has 13 heteroatoms. The maximum absolute atomic E-state index is 14.6. The van der Waals surface area contributed by atoms with Crippen LogP contribution in [0.3, 0.4) is 0 Å². The Labute approximate surface area is 272 Å². The van der Waals surface area contributed by atoms with E-state index in [0.29, 0.717) is 47.5 Å². The molecule has 240 valence electrons. The van der Waals surface area contributed by atoms with Crippen molar-refractivity contribution in [2.75, 3.05) is 53.4 Å². The number of piperazine rings is 1. The fourth-order valence-electron chi connectivity index (χ4n) is 6.57. The Balaban J connectivity index is 1.46. The summed E-state index contributed by atoms with van der Waals surface area (Å²) < 4.78 is 35.6. The first-order chi connectivity index (χ1) is 22.1. The summed E-state index contributed by atoms with van der Waals surface area (Å²) in [7, 11) is -0.838. The number of para-hydroxylation sites is 1. The Hall–Kier alpha value is -4.15. The number of nitriles is 1. The molecule has 0 N–H and O–H groups in total. The number of halogens is 1. The van der Waals surface area contributed by atoms with Gasteiger partial charge >= 0.3 is 5.69 Å². The summed E-state index contributed by atoms with van der Waals surface area (Å²) >= 11 is 6.42. The number of nitrogens with zero attached hydrogens (tertiary/aromatic N) is 6. The molecule has 1 unspecified atom stereocenters. The number of benzene rings is 3. The molecule has 46 heavy (non-hydrogen) atoms. The summed E-state index contributed by atoms with van der Waals surface area (Å²) in [5, 5.41) is 9.47. The number of carbonyl (C=O) groups is 1. The number of rotatable bonds is 7. The van der Waals surface area contributed by atoms with Gasteiger partial charge in [0, 0.05) is 42.8 Å². The third kappa shape index (κ3) is 5.80. The third-order valence-electron chi connectivity index (χ3n) is 9.07. The van der Waals surface area contributed by atoms with Crippen molar-refractivity contribution in [3.8, 4) is 11.8 Å². The fraction of sp³-hybridized carbons (Fsp3) is 0.364. The summed E-state index contributed by atoms with van der Waals surface area (Å²) in [5.41, 5.74) is 0.0289. The summed E-state index contributed by atoms with van der Waals surface area (Å²) in [5.74, 6) is 0.0417. The molecular weight excluding hydrogens is 628 g/mol. The summed E-state index contributed by atoms with van der Waals surface area (Å²) in [4.78, 5) is 35.4. The molecular formula is C33H35ClN6O5S. The van der Waals surface area contributed by atoms with Crippen LogP contribution in [0.1, 0.15) is 30.0 Å². The van der Waals surface area contributed by atoms with E-state index in [1.54, 1.807) is 29.2 Å². The minimum absolute atomic E-state index is 0.0681. The average Bonchev–Trinajstić information content (AvgIpc) is 3.36. The second kappa shape index (κ2) is 12.9. The van der Waals surface area contributed by atoms with E-state index in [9.17, 15) is 23.3 Å². The largest absolute Gasteiger partial charge is 0.496 e. The molecule has 2 saturated heterocycles. The Morgan fingerprint density at radius 1 is 0.957 bits per heavy atom. The zero-order chi connectivity index (χ0) is 32.6. The smallest absolute Gasteiger partial charge is 0.344 e. The predicted molar refractivity (Wildman–Crippen MR) is 175 cm³/mol. The Kier molecular flexibility index (Phi) is 8.94. The summed E-state index contributed by atoms with van der Waals surface area (Å²) in [6.07, 6.45) is 2.16. The van der Waals surface area contributed by atoms with Crippen molar-refractivity contribution in [1.82, 2.24) is 23.2 Å². The van der Waals surface area contributed by atoms with Gasteiger partial charge in [-0.15, -0.1) is 0 Å². The molecule has 11 nitrogen and oxygen atoms in total. The first-order valence-electron chi connectivity index (χ1n) is 15.2. The van der Waals surface area contributed by atoms with Gasteiger partial charge in [-0.3, -0.25) is 14.3 Å². The number of carbonyl (C=O) groups excluding carboxylic acids is 1. The number of hydrogen-bond acceptors (Lipinski definition) is 8. The van der Waals surface area contributed by atoms with Gasteiger partial charge in [0.2, 0.25) is 0 Å². The van der Waals surface area contributed by atoms with Crippen LogP contribution in [0.5, 0.6) is 5.75 Å². The van der Waals surface area contributed by atoms with Gasteiger partial charge in [-0.1, -0.05) is 29.8 Å². The van der Waals surface area contributed by atoms with Crippen molar-refractivity contribution in [2.45, 2.75) is 29.8 Å². The highest BCUT2D eigenvalue weighted by Gasteiger charge is 2.37. The Morgan fingerprint density at radius 3 is 2.28 bits per heavy atom. The van der Waals surface area contributed by atoms with E-state index in [-0.39, 0.29) is 32.4 Å². The number of methoxy groups -OCH3 is 1. The predicted octanol–water partition coefficient (Wildman–Crippen LogP) is 3.40.